The Kier molecular flexibility index (Phi) is 12.1. The summed E-state index contributed by atoms with van der Waals surface area (Å²) in [6, 6.07) is 14.0. The number of carboxylic acids is 2. The quantitative estimate of drug-likeness (QED) is 0.247. The van der Waals surface area contributed by atoms with Crippen molar-refractivity contribution < 1.29 is 50.9 Å². The Bertz CT molecular complexity index is 1320. The molecule has 0 aliphatic carbocycles. The molecule has 230 valence electrons. The second-order valence-corrected chi connectivity index (χ2v) is 9.87. The number of alkyl halides is 6. The predicted octanol–water partition coefficient (Wildman–Crippen LogP) is 4.56. The summed E-state index contributed by atoms with van der Waals surface area (Å²) in [6.07, 6.45) is -5.94. The SMILES string of the molecule is N[C@H](Cc1ccc(Br)cc1)C(=O)N1CCC(Nc2ccc3[nH]ncc3c2)CC1.O=C(O)C(F)(F)F.O=C(O)C(F)(F)F. The van der Waals surface area contributed by atoms with Crippen molar-refractivity contribution >= 4 is 50.4 Å². The number of piperidine rings is 1. The van der Waals surface area contributed by atoms with Gasteiger partial charge >= 0.3 is 24.3 Å². The lowest BCUT2D eigenvalue weighted by atomic mass is 10.0. The number of H-pyrrole nitrogens is 1. The predicted molar refractivity (Wildman–Crippen MR) is 143 cm³/mol. The van der Waals surface area contributed by atoms with E-state index in [1.54, 1.807) is 0 Å². The number of hydrogen-bond acceptors (Lipinski definition) is 6. The van der Waals surface area contributed by atoms with Crippen LogP contribution in [0.4, 0.5) is 32.0 Å². The number of aromatic amines is 1. The molecule has 2 heterocycles. The highest BCUT2D eigenvalue weighted by molar-refractivity contribution is 9.10. The summed E-state index contributed by atoms with van der Waals surface area (Å²) >= 11 is 3.43. The second kappa shape index (κ2) is 14.9. The molecular formula is C25H26BrF6N5O5. The van der Waals surface area contributed by atoms with Crippen LogP contribution in [-0.4, -0.2) is 80.7 Å². The minimum atomic E-state index is -5.08. The molecule has 1 aliphatic rings. The number of nitrogens with zero attached hydrogens (tertiary/aromatic N) is 2. The molecule has 0 spiro atoms. The molecule has 0 bridgehead atoms. The number of benzene rings is 2. The molecule has 0 saturated carbocycles. The zero-order valence-electron chi connectivity index (χ0n) is 21.5. The van der Waals surface area contributed by atoms with E-state index in [-0.39, 0.29) is 5.91 Å². The van der Waals surface area contributed by atoms with Crippen LogP contribution in [0.25, 0.3) is 10.9 Å². The lowest BCUT2D eigenvalue weighted by molar-refractivity contribution is -0.193. The van der Waals surface area contributed by atoms with Gasteiger partial charge in [0, 0.05) is 34.7 Å². The number of likely N-dealkylation sites (tertiary alicyclic amines) is 1. The highest BCUT2D eigenvalue weighted by Crippen LogP contribution is 2.21. The zero-order valence-corrected chi connectivity index (χ0v) is 23.1. The van der Waals surface area contributed by atoms with Crippen LogP contribution in [0.15, 0.2) is 53.1 Å². The molecule has 6 N–H and O–H groups in total. The Morgan fingerprint density at radius 2 is 1.52 bits per heavy atom. The molecule has 17 heteroatoms. The van der Waals surface area contributed by atoms with E-state index in [9.17, 15) is 31.1 Å². The Labute approximate surface area is 243 Å². The van der Waals surface area contributed by atoms with Crippen LogP contribution in [0.2, 0.25) is 0 Å². The number of nitrogens with two attached hydrogens (primary N) is 1. The molecule has 0 radical (unpaired) electrons. The zero-order chi connectivity index (χ0) is 31.7. The molecule has 4 rings (SSSR count). The molecule has 1 atom stereocenters. The van der Waals surface area contributed by atoms with E-state index in [1.807, 2.05) is 41.4 Å². The number of fused-ring (bicyclic) bond motifs is 1. The number of carbonyl (C=O) groups excluding carboxylic acids is 1. The third-order valence-electron chi connectivity index (χ3n) is 5.79. The second-order valence-electron chi connectivity index (χ2n) is 8.96. The van der Waals surface area contributed by atoms with Gasteiger partial charge in [0.15, 0.2) is 0 Å². The number of anilines is 1. The number of hydrogen-bond donors (Lipinski definition) is 5. The maximum absolute atomic E-state index is 12.7. The fourth-order valence-electron chi connectivity index (χ4n) is 3.71. The van der Waals surface area contributed by atoms with Crippen LogP contribution in [0.5, 0.6) is 0 Å². The number of amides is 1. The van der Waals surface area contributed by atoms with Gasteiger partial charge < -0.3 is 26.2 Å². The first-order valence-corrected chi connectivity index (χ1v) is 12.9. The fraction of sp³-hybridized carbons (Fsp3) is 0.360. The lowest BCUT2D eigenvalue weighted by Crippen LogP contribution is -2.49. The van der Waals surface area contributed by atoms with E-state index >= 15 is 0 Å². The van der Waals surface area contributed by atoms with Crippen molar-refractivity contribution in [3.8, 4) is 0 Å². The monoisotopic (exact) mass is 669 g/mol. The van der Waals surface area contributed by atoms with E-state index in [4.69, 9.17) is 25.5 Å². The van der Waals surface area contributed by atoms with Gasteiger partial charge in [-0.05, 0) is 55.2 Å². The molecule has 10 nitrogen and oxygen atoms in total. The minimum absolute atomic E-state index is 0.0428. The molecular weight excluding hydrogens is 644 g/mol. The first kappa shape index (κ1) is 34.3. The summed E-state index contributed by atoms with van der Waals surface area (Å²) in [4.78, 5) is 32.4. The summed E-state index contributed by atoms with van der Waals surface area (Å²) in [6.45, 7) is 1.47. The highest BCUT2D eigenvalue weighted by atomic mass is 79.9. The molecule has 42 heavy (non-hydrogen) atoms. The fourth-order valence-corrected chi connectivity index (χ4v) is 3.97. The summed E-state index contributed by atoms with van der Waals surface area (Å²) in [5.41, 5.74) is 9.39. The van der Waals surface area contributed by atoms with Gasteiger partial charge in [-0.1, -0.05) is 28.1 Å². The van der Waals surface area contributed by atoms with E-state index in [0.717, 1.165) is 52.6 Å². The van der Waals surface area contributed by atoms with Crippen molar-refractivity contribution in [2.75, 3.05) is 18.4 Å². The van der Waals surface area contributed by atoms with Crippen molar-refractivity contribution in [1.29, 1.82) is 0 Å². The number of carbonyl (C=O) groups is 3. The van der Waals surface area contributed by atoms with E-state index < -0.39 is 30.3 Å². The van der Waals surface area contributed by atoms with Crippen LogP contribution in [-0.2, 0) is 20.8 Å². The van der Waals surface area contributed by atoms with Gasteiger partial charge in [0.25, 0.3) is 0 Å². The van der Waals surface area contributed by atoms with Gasteiger partial charge in [-0.3, -0.25) is 9.89 Å². The number of aliphatic carboxylic acids is 2. The van der Waals surface area contributed by atoms with Gasteiger partial charge in [-0.25, -0.2) is 9.59 Å². The Morgan fingerprint density at radius 1 is 1.00 bits per heavy atom. The van der Waals surface area contributed by atoms with Crippen molar-refractivity contribution in [3.05, 3.63) is 58.7 Å². The normalized spacial score (nSPS) is 14.6. The molecule has 1 fully saturated rings. The third kappa shape index (κ3) is 11.2. The molecule has 1 aliphatic heterocycles. The lowest BCUT2D eigenvalue weighted by Gasteiger charge is -2.34. The maximum Gasteiger partial charge on any atom is 0.490 e. The molecule has 1 amide bonds. The maximum atomic E-state index is 12.7. The largest absolute Gasteiger partial charge is 0.490 e. The van der Waals surface area contributed by atoms with E-state index in [1.165, 1.54) is 0 Å². The minimum Gasteiger partial charge on any atom is -0.475 e. The molecule has 3 aromatic rings. The van der Waals surface area contributed by atoms with Gasteiger partial charge in [0.1, 0.15) is 0 Å². The van der Waals surface area contributed by atoms with Crippen LogP contribution in [0, 0.1) is 0 Å². The van der Waals surface area contributed by atoms with Crippen molar-refractivity contribution in [2.45, 2.75) is 43.7 Å². The van der Waals surface area contributed by atoms with E-state index in [0.29, 0.717) is 12.5 Å². The van der Waals surface area contributed by atoms with Crippen LogP contribution in [0.1, 0.15) is 18.4 Å². The van der Waals surface area contributed by atoms with Crippen LogP contribution < -0.4 is 11.1 Å². The van der Waals surface area contributed by atoms with Crippen LogP contribution in [0.3, 0.4) is 0 Å². The van der Waals surface area contributed by atoms with Crippen LogP contribution >= 0.6 is 15.9 Å². The summed E-state index contributed by atoms with van der Waals surface area (Å²) in [7, 11) is 0. The van der Waals surface area contributed by atoms with Crippen molar-refractivity contribution in [3.63, 3.8) is 0 Å². The topological polar surface area (TPSA) is 162 Å². The number of halogens is 7. The highest BCUT2D eigenvalue weighted by Gasteiger charge is 2.38. The average molecular weight is 670 g/mol. The Hall–Kier alpha value is -3.86. The molecule has 2 aromatic carbocycles. The third-order valence-corrected chi connectivity index (χ3v) is 6.32. The first-order chi connectivity index (χ1) is 19.5. The average Bonchev–Trinajstić information content (AvgIpc) is 3.38. The first-order valence-electron chi connectivity index (χ1n) is 12.1. The Balaban J connectivity index is 0.000000367. The van der Waals surface area contributed by atoms with Gasteiger partial charge in [0.05, 0.1) is 17.8 Å². The molecule has 0 unspecified atom stereocenters. The number of nitrogens with one attached hydrogen (secondary N) is 2. The number of rotatable bonds is 5. The van der Waals surface area contributed by atoms with Gasteiger partial charge in [-0.15, -0.1) is 0 Å². The Morgan fingerprint density at radius 3 is 2.02 bits per heavy atom. The number of carboxylic acid groups (broad SMARTS) is 2. The number of aromatic nitrogens is 2. The van der Waals surface area contributed by atoms with Gasteiger partial charge in [0.2, 0.25) is 5.91 Å². The smallest absolute Gasteiger partial charge is 0.475 e. The molecule has 1 aromatic heterocycles. The van der Waals surface area contributed by atoms with Crippen molar-refractivity contribution in [2.24, 2.45) is 5.73 Å². The summed E-state index contributed by atoms with van der Waals surface area (Å²) < 4.78 is 64.5. The summed E-state index contributed by atoms with van der Waals surface area (Å²) in [5, 5.41) is 25.9. The standard InChI is InChI=1S/C21H24BrN5O.2C2HF3O2/c22-16-3-1-14(2-4-16)11-19(23)21(28)27-9-7-17(8-10-27)25-18-5-6-20-15(12-18)13-24-26-20;2*3-2(4,5)1(6)7/h1-6,12-13,17,19,25H,7-11,23H2,(H,24,26);2*(H,6,7)/t19-;;/m1../s1. The molecule has 1 saturated heterocycles. The van der Waals surface area contributed by atoms with Crippen molar-refractivity contribution in [1.82, 2.24) is 15.1 Å². The van der Waals surface area contributed by atoms with E-state index in [2.05, 4.69) is 43.6 Å². The summed E-state index contributed by atoms with van der Waals surface area (Å²) in [5.74, 6) is -5.47. The van der Waals surface area contributed by atoms with Gasteiger partial charge in [-0.2, -0.15) is 31.4 Å².